The average molecular weight is 169 g/mol. The van der Waals surface area contributed by atoms with Crippen molar-refractivity contribution in [1.82, 2.24) is 4.90 Å². The molecule has 2 heteroatoms. The van der Waals surface area contributed by atoms with E-state index in [0.29, 0.717) is 11.7 Å². The molecule has 0 aromatic carbocycles. The molecule has 0 aliphatic carbocycles. The first-order valence-corrected chi connectivity index (χ1v) is 4.85. The molecule has 12 heavy (non-hydrogen) atoms. The number of Topliss-reactive ketones (excluding diaryl/α,β-unsaturated/α-hetero) is 1. The Morgan fingerprint density at radius 3 is 2.75 bits per heavy atom. The zero-order chi connectivity index (χ0) is 9.14. The Labute approximate surface area is 74.9 Å². The van der Waals surface area contributed by atoms with Gasteiger partial charge in [0.2, 0.25) is 0 Å². The van der Waals surface area contributed by atoms with Gasteiger partial charge in [0.25, 0.3) is 0 Å². The van der Waals surface area contributed by atoms with Crippen molar-refractivity contribution in [1.29, 1.82) is 0 Å². The summed E-state index contributed by atoms with van der Waals surface area (Å²) in [5.41, 5.74) is 0. The molecule has 1 atom stereocenters. The Morgan fingerprint density at radius 1 is 1.58 bits per heavy atom. The Hall–Kier alpha value is -0.370. The first-order chi connectivity index (χ1) is 5.61. The van der Waals surface area contributed by atoms with Crippen LogP contribution >= 0.6 is 0 Å². The van der Waals surface area contributed by atoms with Crippen molar-refractivity contribution in [3.8, 4) is 0 Å². The molecular weight excluding hydrogens is 150 g/mol. The molecule has 1 heterocycles. The maximum absolute atomic E-state index is 11.2. The largest absolute Gasteiger partial charge is 0.298 e. The fourth-order valence-electron chi connectivity index (χ4n) is 1.97. The van der Waals surface area contributed by atoms with Crippen LogP contribution in [0.4, 0.5) is 0 Å². The summed E-state index contributed by atoms with van der Waals surface area (Å²) >= 11 is 0. The van der Waals surface area contributed by atoms with Crippen LogP contribution in [-0.2, 0) is 4.79 Å². The second kappa shape index (κ2) is 4.04. The molecule has 0 bridgehead atoms. The minimum absolute atomic E-state index is 0.229. The molecule has 0 radical (unpaired) electrons. The van der Waals surface area contributed by atoms with E-state index in [0.717, 1.165) is 19.5 Å². The van der Waals surface area contributed by atoms with Crippen LogP contribution in [0.1, 0.15) is 33.6 Å². The lowest BCUT2D eigenvalue weighted by Crippen LogP contribution is -2.37. The second-order valence-electron chi connectivity index (χ2n) is 4.16. The molecule has 0 aromatic rings. The number of nitrogens with zero attached hydrogens (tertiary/aromatic N) is 1. The van der Waals surface area contributed by atoms with E-state index >= 15 is 0 Å². The summed E-state index contributed by atoms with van der Waals surface area (Å²) in [6, 6.07) is 0.229. The van der Waals surface area contributed by atoms with Gasteiger partial charge in [0.15, 0.2) is 0 Å². The van der Waals surface area contributed by atoms with Gasteiger partial charge in [-0.05, 0) is 32.2 Å². The van der Waals surface area contributed by atoms with Crippen LogP contribution in [0.25, 0.3) is 0 Å². The van der Waals surface area contributed by atoms with Gasteiger partial charge in [-0.15, -0.1) is 0 Å². The highest BCUT2D eigenvalue weighted by Crippen LogP contribution is 2.18. The van der Waals surface area contributed by atoms with Gasteiger partial charge >= 0.3 is 0 Å². The predicted octanol–water partition coefficient (Wildman–Crippen LogP) is 1.70. The van der Waals surface area contributed by atoms with Crippen LogP contribution < -0.4 is 0 Å². The summed E-state index contributed by atoms with van der Waals surface area (Å²) in [5.74, 6) is 1.01. The van der Waals surface area contributed by atoms with Crippen LogP contribution in [0.15, 0.2) is 0 Å². The predicted molar refractivity (Wildman–Crippen MR) is 50.1 cm³/mol. The van der Waals surface area contributed by atoms with Gasteiger partial charge in [-0.1, -0.05) is 13.8 Å². The number of likely N-dealkylation sites (tertiary alicyclic amines) is 1. The zero-order valence-corrected chi connectivity index (χ0v) is 8.34. The third-order valence-electron chi connectivity index (χ3n) is 2.43. The molecule has 2 nitrogen and oxygen atoms in total. The topological polar surface area (TPSA) is 20.3 Å². The van der Waals surface area contributed by atoms with E-state index in [1.165, 1.54) is 6.42 Å². The van der Waals surface area contributed by atoms with Gasteiger partial charge in [0.1, 0.15) is 5.78 Å². The number of rotatable bonds is 3. The Bertz CT molecular complexity index is 165. The van der Waals surface area contributed by atoms with Gasteiger partial charge in [-0.3, -0.25) is 9.69 Å². The molecule has 70 valence electrons. The van der Waals surface area contributed by atoms with Crippen molar-refractivity contribution in [3.63, 3.8) is 0 Å². The summed E-state index contributed by atoms with van der Waals surface area (Å²) in [6.45, 7) is 8.31. The van der Waals surface area contributed by atoms with E-state index < -0.39 is 0 Å². The van der Waals surface area contributed by atoms with Gasteiger partial charge < -0.3 is 0 Å². The average Bonchev–Trinajstić information content (AvgIpc) is 2.33. The second-order valence-corrected chi connectivity index (χ2v) is 4.16. The van der Waals surface area contributed by atoms with Crippen molar-refractivity contribution >= 4 is 5.78 Å². The van der Waals surface area contributed by atoms with Crippen LogP contribution in [0.3, 0.4) is 0 Å². The van der Waals surface area contributed by atoms with Crippen LogP contribution in [0.5, 0.6) is 0 Å². The molecule has 0 N–H and O–H groups in total. The van der Waals surface area contributed by atoms with Crippen molar-refractivity contribution in [2.75, 3.05) is 13.1 Å². The lowest BCUT2D eigenvalue weighted by molar-refractivity contribution is -0.121. The third kappa shape index (κ3) is 2.31. The maximum Gasteiger partial charge on any atom is 0.146 e. The highest BCUT2D eigenvalue weighted by atomic mass is 16.1. The van der Waals surface area contributed by atoms with Crippen LogP contribution in [0.2, 0.25) is 0 Å². The van der Waals surface area contributed by atoms with Crippen LogP contribution in [-0.4, -0.2) is 29.8 Å². The molecular formula is C10H19NO. The molecule has 1 aliphatic heterocycles. The van der Waals surface area contributed by atoms with Crippen LogP contribution in [0, 0.1) is 5.92 Å². The number of ketones is 1. The standard InChI is InChI=1S/C10H19NO/c1-8(2)7-11-6-4-5-10(11)9(3)12/h8,10H,4-7H2,1-3H3/t10-/m1/s1. The molecule has 1 aliphatic rings. The quantitative estimate of drug-likeness (QED) is 0.641. The summed E-state index contributed by atoms with van der Waals surface area (Å²) in [4.78, 5) is 13.5. The van der Waals surface area contributed by atoms with E-state index in [-0.39, 0.29) is 6.04 Å². The minimum atomic E-state index is 0.229. The van der Waals surface area contributed by atoms with Crippen molar-refractivity contribution in [2.45, 2.75) is 39.7 Å². The molecule has 0 unspecified atom stereocenters. The highest BCUT2D eigenvalue weighted by molar-refractivity contribution is 5.81. The first kappa shape index (κ1) is 9.72. The summed E-state index contributed by atoms with van der Waals surface area (Å²) in [7, 11) is 0. The summed E-state index contributed by atoms with van der Waals surface area (Å²) in [6.07, 6.45) is 2.26. The summed E-state index contributed by atoms with van der Waals surface area (Å²) in [5, 5.41) is 0. The molecule has 1 rings (SSSR count). The van der Waals surface area contributed by atoms with Gasteiger partial charge in [-0.2, -0.15) is 0 Å². The summed E-state index contributed by atoms with van der Waals surface area (Å²) < 4.78 is 0. The SMILES string of the molecule is CC(=O)[C@H]1CCCN1CC(C)C. The highest BCUT2D eigenvalue weighted by Gasteiger charge is 2.27. The fraction of sp³-hybridized carbons (Fsp3) is 0.900. The smallest absolute Gasteiger partial charge is 0.146 e. The monoisotopic (exact) mass is 169 g/mol. The zero-order valence-electron chi connectivity index (χ0n) is 8.34. The third-order valence-corrected chi connectivity index (χ3v) is 2.43. The van der Waals surface area contributed by atoms with Crippen molar-refractivity contribution in [3.05, 3.63) is 0 Å². The molecule has 0 spiro atoms. The number of hydrogen-bond donors (Lipinski definition) is 0. The molecule has 0 saturated carbocycles. The lowest BCUT2D eigenvalue weighted by atomic mass is 10.1. The van der Waals surface area contributed by atoms with E-state index in [9.17, 15) is 4.79 Å². The van der Waals surface area contributed by atoms with Gasteiger partial charge in [0.05, 0.1) is 6.04 Å². The van der Waals surface area contributed by atoms with Gasteiger partial charge in [-0.25, -0.2) is 0 Å². The normalized spacial score (nSPS) is 25.2. The molecule has 1 saturated heterocycles. The Morgan fingerprint density at radius 2 is 2.25 bits per heavy atom. The maximum atomic E-state index is 11.2. The number of carbonyl (C=O) groups excluding carboxylic acids is 1. The van der Waals surface area contributed by atoms with Crippen molar-refractivity contribution in [2.24, 2.45) is 5.92 Å². The van der Waals surface area contributed by atoms with Crippen molar-refractivity contribution < 1.29 is 4.79 Å². The molecule has 0 aromatic heterocycles. The van der Waals surface area contributed by atoms with E-state index in [1.54, 1.807) is 6.92 Å². The Kier molecular flexibility index (Phi) is 3.27. The van der Waals surface area contributed by atoms with E-state index in [4.69, 9.17) is 0 Å². The number of carbonyl (C=O) groups is 1. The first-order valence-electron chi connectivity index (χ1n) is 4.85. The lowest BCUT2D eigenvalue weighted by Gasteiger charge is -2.23. The van der Waals surface area contributed by atoms with Gasteiger partial charge in [0, 0.05) is 6.54 Å². The molecule has 1 fully saturated rings. The fourth-order valence-corrected chi connectivity index (χ4v) is 1.97. The minimum Gasteiger partial charge on any atom is -0.298 e. The van der Waals surface area contributed by atoms with E-state index in [2.05, 4.69) is 18.7 Å². The molecule has 0 amide bonds. The number of hydrogen-bond acceptors (Lipinski definition) is 2. The Balaban J connectivity index is 2.46. The van der Waals surface area contributed by atoms with E-state index in [1.807, 2.05) is 0 Å².